The van der Waals surface area contributed by atoms with Gasteiger partial charge in [0.15, 0.2) is 6.29 Å². The molecule has 364 valence electrons. The van der Waals surface area contributed by atoms with Gasteiger partial charge >= 0.3 is 0 Å². The summed E-state index contributed by atoms with van der Waals surface area (Å²) in [5.41, 5.74) is 0. The SMILES string of the molecule is C/C=C/CC/C=C/CC/C=C/C(O)C(COC1OC(CO)C(O)C(O)C1O)NC(=O)CCCCCCCCCCCCCCCCCCCCCCCCCCCCCCCC. The highest BCUT2D eigenvalue weighted by Crippen LogP contribution is 2.23. The molecule has 0 aromatic heterocycles. The molecule has 0 radical (unpaired) electrons. The number of carbonyl (C=O) groups excluding carboxylic acids is 1. The predicted molar refractivity (Wildman–Crippen MR) is 258 cm³/mol. The Labute approximate surface area is 381 Å². The van der Waals surface area contributed by atoms with E-state index >= 15 is 0 Å². The van der Waals surface area contributed by atoms with Gasteiger partial charge in [-0.15, -0.1) is 0 Å². The molecule has 9 heteroatoms. The summed E-state index contributed by atoms with van der Waals surface area (Å²) in [6.45, 7) is 3.53. The highest BCUT2D eigenvalue weighted by Gasteiger charge is 2.44. The van der Waals surface area contributed by atoms with Crippen molar-refractivity contribution in [3.63, 3.8) is 0 Å². The first-order chi connectivity index (χ1) is 30.3. The van der Waals surface area contributed by atoms with Crippen molar-refractivity contribution < 1.29 is 39.8 Å². The Morgan fingerprint density at radius 3 is 1.35 bits per heavy atom. The van der Waals surface area contributed by atoms with Crippen molar-refractivity contribution in [2.45, 2.75) is 281 Å². The van der Waals surface area contributed by atoms with Gasteiger partial charge in [-0.25, -0.2) is 0 Å². The van der Waals surface area contributed by atoms with Gasteiger partial charge in [0.1, 0.15) is 24.4 Å². The number of hydrogen-bond acceptors (Lipinski definition) is 8. The van der Waals surface area contributed by atoms with Gasteiger partial charge in [0.05, 0.1) is 25.4 Å². The molecule has 7 unspecified atom stereocenters. The normalized spacial score (nSPS) is 20.5. The van der Waals surface area contributed by atoms with Crippen molar-refractivity contribution in [2.24, 2.45) is 0 Å². The zero-order chi connectivity index (χ0) is 45.1. The quantitative estimate of drug-likeness (QED) is 0.0262. The molecular weight excluding hydrogens is 779 g/mol. The Morgan fingerprint density at radius 1 is 0.565 bits per heavy atom. The molecule has 1 heterocycles. The van der Waals surface area contributed by atoms with Crippen molar-refractivity contribution in [2.75, 3.05) is 13.2 Å². The third-order valence-corrected chi connectivity index (χ3v) is 12.5. The Bertz CT molecular complexity index is 1070. The molecule has 9 nitrogen and oxygen atoms in total. The molecule has 1 saturated heterocycles. The zero-order valence-corrected chi connectivity index (χ0v) is 40.1. The van der Waals surface area contributed by atoms with E-state index < -0.39 is 49.5 Å². The molecule has 0 aromatic rings. The summed E-state index contributed by atoms with van der Waals surface area (Å²) < 4.78 is 11.2. The molecule has 1 amide bonds. The zero-order valence-electron chi connectivity index (χ0n) is 40.1. The van der Waals surface area contributed by atoms with Crippen LogP contribution in [0.15, 0.2) is 36.5 Å². The third kappa shape index (κ3) is 33.0. The van der Waals surface area contributed by atoms with E-state index in [0.717, 1.165) is 44.9 Å². The summed E-state index contributed by atoms with van der Waals surface area (Å²) in [6.07, 6.45) is 48.3. The van der Waals surface area contributed by atoms with Crippen LogP contribution in [-0.2, 0) is 14.3 Å². The fraction of sp³-hybridized carbons (Fsp3) is 0.868. The Balaban J connectivity index is 2.09. The molecule has 1 fully saturated rings. The fourth-order valence-corrected chi connectivity index (χ4v) is 8.37. The van der Waals surface area contributed by atoms with E-state index in [1.54, 1.807) is 6.08 Å². The molecule has 7 atom stereocenters. The fourth-order valence-electron chi connectivity index (χ4n) is 8.37. The number of aliphatic hydroxyl groups is 5. The minimum absolute atomic E-state index is 0.191. The molecule has 0 bridgehead atoms. The number of amides is 1. The molecule has 62 heavy (non-hydrogen) atoms. The number of aliphatic hydroxyl groups excluding tert-OH is 5. The largest absolute Gasteiger partial charge is 0.394 e. The summed E-state index contributed by atoms with van der Waals surface area (Å²) in [5, 5.41) is 54.0. The lowest BCUT2D eigenvalue weighted by Gasteiger charge is -2.40. The minimum atomic E-state index is -1.57. The molecule has 1 aliphatic rings. The Morgan fingerprint density at radius 2 is 0.952 bits per heavy atom. The lowest BCUT2D eigenvalue weighted by atomic mass is 9.99. The molecule has 0 aromatic carbocycles. The number of ether oxygens (including phenoxy) is 2. The number of hydrogen-bond donors (Lipinski definition) is 6. The van der Waals surface area contributed by atoms with Gasteiger partial charge in [-0.05, 0) is 39.0 Å². The topological polar surface area (TPSA) is 149 Å². The van der Waals surface area contributed by atoms with Crippen LogP contribution < -0.4 is 5.32 Å². The van der Waals surface area contributed by atoms with Crippen molar-refractivity contribution in [3.05, 3.63) is 36.5 Å². The minimum Gasteiger partial charge on any atom is -0.394 e. The van der Waals surface area contributed by atoms with Gasteiger partial charge in [0, 0.05) is 6.42 Å². The number of rotatable bonds is 44. The predicted octanol–water partition coefficient (Wildman–Crippen LogP) is 12.0. The van der Waals surface area contributed by atoms with E-state index in [1.165, 1.54) is 173 Å². The van der Waals surface area contributed by atoms with Gasteiger partial charge in [-0.2, -0.15) is 0 Å². The van der Waals surface area contributed by atoms with Gasteiger partial charge in [0.2, 0.25) is 5.91 Å². The van der Waals surface area contributed by atoms with Crippen molar-refractivity contribution in [1.82, 2.24) is 5.32 Å². The van der Waals surface area contributed by atoms with Crippen LogP contribution >= 0.6 is 0 Å². The van der Waals surface area contributed by atoms with Crippen LogP contribution in [0.25, 0.3) is 0 Å². The Kier molecular flexibility index (Phi) is 40.8. The first-order valence-corrected chi connectivity index (χ1v) is 26.2. The summed E-state index contributed by atoms with van der Waals surface area (Å²) in [6, 6.07) is -0.823. The van der Waals surface area contributed by atoms with Crippen LogP contribution in [0.4, 0.5) is 0 Å². The van der Waals surface area contributed by atoms with E-state index in [2.05, 4.69) is 30.5 Å². The standard InChI is InChI=1S/C53H99NO8/c1-3-5-7-9-11-13-14-15-16-17-18-19-20-21-22-23-24-25-26-27-28-29-30-31-32-33-35-37-39-41-43-49(57)54-46(47(56)42-40-38-36-34-12-10-8-6-4-2)45-61-53-52(60)51(59)50(58)48(44-55)62-53/h4,6,12,34,40,42,46-48,50-53,55-56,58-60H,3,5,7-11,13-33,35-39,41,43-45H2,1-2H3,(H,54,57)/b6-4+,34-12+,42-40+. The second-order valence-electron chi connectivity index (χ2n) is 18.3. The molecule has 0 spiro atoms. The molecule has 0 saturated carbocycles. The monoisotopic (exact) mass is 878 g/mol. The maximum Gasteiger partial charge on any atom is 0.220 e. The average Bonchev–Trinajstić information content (AvgIpc) is 3.27. The highest BCUT2D eigenvalue weighted by atomic mass is 16.7. The van der Waals surface area contributed by atoms with E-state index in [9.17, 15) is 30.3 Å². The van der Waals surface area contributed by atoms with Gasteiger partial charge in [0.25, 0.3) is 0 Å². The second-order valence-corrected chi connectivity index (χ2v) is 18.3. The van der Waals surface area contributed by atoms with Crippen molar-refractivity contribution in [3.8, 4) is 0 Å². The smallest absolute Gasteiger partial charge is 0.220 e. The van der Waals surface area contributed by atoms with E-state index in [4.69, 9.17) is 9.47 Å². The molecular formula is C53H99NO8. The van der Waals surface area contributed by atoms with Crippen molar-refractivity contribution >= 4 is 5.91 Å². The average molecular weight is 878 g/mol. The number of allylic oxidation sites excluding steroid dienone is 5. The summed E-state index contributed by atoms with van der Waals surface area (Å²) in [7, 11) is 0. The van der Waals surface area contributed by atoms with E-state index in [1.807, 2.05) is 19.1 Å². The Hall–Kier alpha value is -1.59. The van der Waals surface area contributed by atoms with E-state index in [0.29, 0.717) is 6.42 Å². The number of carbonyl (C=O) groups is 1. The van der Waals surface area contributed by atoms with Crippen LogP contribution in [0.2, 0.25) is 0 Å². The molecule has 6 N–H and O–H groups in total. The van der Waals surface area contributed by atoms with Crippen LogP contribution in [0.3, 0.4) is 0 Å². The van der Waals surface area contributed by atoms with Gasteiger partial charge in [-0.1, -0.05) is 230 Å². The van der Waals surface area contributed by atoms with Gasteiger partial charge < -0.3 is 40.3 Å². The van der Waals surface area contributed by atoms with Crippen LogP contribution in [-0.4, -0.2) is 87.5 Å². The number of unbranched alkanes of at least 4 members (excludes halogenated alkanes) is 31. The maximum atomic E-state index is 12.9. The molecule has 1 rings (SSSR count). The third-order valence-electron chi connectivity index (χ3n) is 12.5. The second kappa shape index (κ2) is 43.3. The lowest BCUT2D eigenvalue weighted by Crippen LogP contribution is -2.60. The lowest BCUT2D eigenvalue weighted by molar-refractivity contribution is -0.302. The first kappa shape index (κ1) is 58.4. The maximum absolute atomic E-state index is 12.9. The van der Waals surface area contributed by atoms with Crippen LogP contribution in [0.5, 0.6) is 0 Å². The summed E-state index contributed by atoms with van der Waals surface area (Å²) in [5.74, 6) is -0.191. The highest BCUT2D eigenvalue weighted by molar-refractivity contribution is 5.76. The van der Waals surface area contributed by atoms with Crippen LogP contribution in [0.1, 0.15) is 239 Å². The first-order valence-electron chi connectivity index (χ1n) is 26.2. The van der Waals surface area contributed by atoms with E-state index in [-0.39, 0.29) is 12.5 Å². The summed E-state index contributed by atoms with van der Waals surface area (Å²) >= 11 is 0. The van der Waals surface area contributed by atoms with Crippen molar-refractivity contribution in [1.29, 1.82) is 0 Å². The van der Waals surface area contributed by atoms with Crippen LogP contribution in [0, 0.1) is 0 Å². The summed E-state index contributed by atoms with van der Waals surface area (Å²) in [4.78, 5) is 12.9. The van der Waals surface area contributed by atoms with Gasteiger partial charge in [-0.3, -0.25) is 4.79 Å². The molecule has 1 aliphatic heterocycles. The number of nitrogens with one attached hydrogen (secondary N) is 1. The molecule has 0 aliphatic carbocycles.